The molecule has 14 N–H and O–H groups in total. The molecule has 0 spiro atoms. The van der Waals surface area contributed by atoms with Crippen LogP contribution in [0.3, 0.4) is 0 Å². The van der Waals surface area contributed by atoms with E-state index in [1.165, 1.54) is 31.9 Å². The Balaban J connectivity index is 0.982. The molecule has 0 unspecified atom stereocenters. The van der Waals surface area contributed by atoms with Gasteiger partial charge in [0.1, 0.15) is 97.7 Å². The summed E-state index contributed by atoms with van der Waals surface area (Å²) in [5.41, 5.74) is 0.501. The fourth-order valence-corrected chi connectivity index (χ4v) is 16.1. The molecule has 84 heavy (non-hydrogen) atoms. The summed E-state index contributed by atoms with van der Waals surface area (Å²) in [6.45, 7) is 13.1. The van der Waals surface area contributed by atoms with E-state index in [9.17, 15) is 79.4 Å². The van der Waals surface area contributed by atoms with Crippen LogP contribution in [0.15, 0.2) is 23.3 Å². The van der Waals surface area contributed by atoms with Crippen molar-refractivity contribution in [3.05, 3.63) is 23.3 Å². The Hall–Kier alpha value is -1.57. The Morgan fingerprint density at radius 3 is 1.79 bits per heavy atom. The summed E-state index contributed by atoms with van der Waals surface area (Å²) in [6.07, 6.45) is -33.0. The summed E-state index contributed by atoms with van der Waals surface area (Å²) in [4.78, 5) is 0. The third-order valence-electron chi connectivity index (χ3n) is 20.3. The van der Waals surface area contributed by atoms with Gasteiger partial charge >= 0.3 is 10.4 Å². The second kappa shape index (κ2) is 26.0. The number of allylic oxidation sites excluding steroid dienone is 4. The number of hydrogen-bond acceptors (Lipinski definition) is 26. The molecular formula is C56H92O27S. The van der Waals surface area contributed by atoms with E-state index >= 15 is 0 Å². The SMILES string of the molecule is CC(C)=CCC[C@](C)(O)[C@H]1CC[C@H]2[C@H]3C[C@H](O[C@@H]4O[C@H](C)[C@@H](O)[C@H](O[C@@H]5OC[C@@H](O[C@@H]6O[C@H](CO)[C@@H](O)[C@H](O)[C@H]6O[C@@H]6O[C@H](C)[C@@H](O)[C@H](O)[C@H]6O)[C@H](O)[C@H]5O[C@@H]5O[C@H](C)[C@@H](O)[C@H](O)[C@H]5O)[C@H]4O)[C@H]4C[C@@H](OS(=O)(=O)O)CC[C@]4(C)C3=CC[C@@]21C. The first-order valence-electron chi connectivity index (χ1n) is 29.6. The molecule has 33 atom stereocenters. The van der Waals surface area contributed by atoms with Crippen LogP contribution in [0, 0.1) is 34.5 Å². The van der Waals surface area contributed by atoms with Gasteiger partial charge in [0, 0.05) is 0 Å². The average Bonchev–Trinajstić information content (AvgIpc) is 1.36. The summed E-state index contributed by atoms with van der Waals surface area (Å²) in [7, 11) is -4.86. The standard InChI is InChI=1S/C56H92O27S/c1-22(2)10-9-15-56(8,69)34-12-11-28-27-19-31(30-18-26(83-84(70,71)72)13-16-54(30,6)29(27)14-17-55(28,34)7)77-51-45(68)46(37(60)25(5)76-51)80-52-47(81-49-43(66)40(63)35(58)23(3)74-49)39(62)33(21-73-52)79-53-48(42(65)38(61)32(20-57)78-53)82-50-44(67)41(64)36(59)24(4)75-50/h10,14,23-28,30-53,57-69H,9,11-13,15-21H2,1-8H3,(H,70,71,72)/t23-,24-,25-,26+,27-,28+,30-,31+,32-,33-,34+,35-,36-,37-,38-,39+,40+,41+,42+,43-,44-,45-,46+,47-,48-,49+,50+,51+,52+,53+,54-,55+,56+/m1/s1. The van der Waals surface area contributed by atoms with Gasteiger partial charge in [0.05, 0.1) is 49.3 Å². The summed E-state index contributed by atoms with van der Waals surface area (Å²) in [5.74, 6) is -0.471. The van der Waals surface area contributed by atoms with Gasteiger partial charge in [-0.15, -0.1) is 0 Å². The van der Waals surface area contributed by atoms with E-state index in [0.29, 0.717) is 32.1 Å². The minimum Gasteiger partial charge on any atom is -0.394 e. The summed E-state index contributed by atoms with van der Waals surface area (Å²) in [6, 6.07) is 0. The Labute approximate surface area is 489 Å². The van der Waals surface area contributed by atoms with E-state index < -0.39 is 200 Å². The van der Waals surface area contributed by atoms with Crippen molar-refractivity contribution in [3.63, 3.8) is 0 Å². The van der Waals surface area contributed by atoms with Crippen LogP contribution < -0.4 is 0 Å². The highest BCUT2D eigenvalue weighted by Crippen LogP contribution is 2.67. The normalized spacial score (nSPS) is 51.6. The quantitative estimate of drug-likeness (QED) is 0.0557. The first kappa shape index (κ1) is 66.8. The number of aliphatic hydroxyl groups is 13. The molecule has 4 aliphatic carbocycles. The fourth-order valence-electron chi connectivity index (χ4n) is 15.5. The highest BCUT2D eigenvalue weighted by atomic mass is 32.3. The fraction of sp³-hybridized carbons (Fsp3) is 0.929. The van der Waals surface area contributed by atoms with Crippen molar-refractivity contribution in [1.29, 1.82) is 0 Å². The lowest BCUT2D eigenvalue weighted by molar-refractivity contribution is -0.398. The van der Waals surface area contributed by atoms with Gasteiger partial charge in [0.25, 0.3) is 0 Å². The maximum absolute atomic E-state index is 12.4. The van der Waals surface area contributed by atoms with Gasteiger partial charge in [0.2, 0.25) is 0 Å². The zero-order valence-corrected chi connectivity index (χ0v) is 49.5. The van der Waals surface area contributed by atoms with Crippen LogP contribution >= 0.6 is 0 Å². The number of rotatable bonds is 17. The number of fused-ring (bicyclic) bond motifs is 5. The third kappa shape index (κ3) is 13.2. The molecule has 0 radical (unpaired) electrons. The number of ether oxygens (including phenoxy) is 10. The molecule has 0 bridgehead atoms. The van der Waals surface area contributed by atoms with Crippen LogP contribution in [0.25, 0.3) is 0 Å². The van der Waals surface area contributed by atoms with Crippen LogP contribution in [0.5, 0.6) is 0 Å². The maximum Gasteiger partial charge on any atom is 0.397 e. The van der Waals surface area contributed by atoms with Gasteiger partial charge in [-0.1, -0.05) is 37.1 Å². The Kier molecular flexibility index (Phi) is 20.7. The smallest absolute Gasteiger partial charge is 0.394 e. The van der Waals surface area contributed by atoms with Gasteiger partial charge in [-0.25, -0.2) is 4.18 Å². The van der Waals surface area contributed by atoms with Gasteiger partial charge in [0.15, 0.2) is 31.5 Å². The van der Waals surface area contributed by atoms with Crippen LogP contribution in [0.1, 0.15) is 113 Å². The van der Waals surface area contributed by atoms with E-state index in [4.69, 9.17) is 51.6 Å². The second-order valence-corrected chi connectivity index (χ2v) is 27.2. The maximum atomic E-state index is 12.4. The van der Waals surface area contributed by atoms with Crippen molar-refractivity contribution in [2.45, 2.75) is 278 Å². The third-order valence-corrected chi connectivity index (χ3v) is 20.8. The largest absolute Gasteiger partial charge is 0.397 e. The van der Waals surface area contributed by atoms with E-state index in [0.717, 1.165) is 19.3 Å². The molecule has 0 aromatic heterocycles. The van der Waals surface area contributed by atoms with Gasteiger partial charge in [-0.3, -0.25) is 4.55 Å². The molecule has 8 fully saturated rings. The van der Waals surface area contributed by atoms with Crippen LogP contribution in [0.4, 0.5) is 0 Å². The average molecular weight is 1230 g/mol. The minimum absolute atomic E-state index is 0.0334. The molecule has 9 aliphatic rings. The predicted molar refractivity (Wildman–Crippen MR) is 285 cm³/mol. The van der Waals surface area contributed by atoms with Crippen molar-refractivity contribution in [1.82, 2.24) is 0 Å². The Bertz CT molecular complexity index is 2400. The lowest BCUT2D eigenvalue weighted by atomic mass is 9.47. The van der Waals surface area contributed by atoms with Crippen molar-refractivity contribution >= 4 is 10.4 Å². The van der Waals surface area contributed by atoms with Crippen molar-refractivity contribution in [2.75, 3.05) is 13.2 Å². The molecule has 0 aromatic carbocycles. The topological polar surface area (TPSA) is 419 Å². The zero-order chi connectivity index (χ0) is 61.4. The van der Waals surface area contributed by atoms with Gasteiger partial charge in [-0.05, 0) is 134 Å². The predicted octanol–water partition coefficient (Wildman–Crippen LogP) is -1.94. The Morgan fingerprint density at radius 2 is 1.20 bits per heavy atom. The number of aliphatic hydroxyl groups excluding tert-OH is 12. The molecule has 5 aliphatic heterocycles. The highest BCUT2D eigenvalue weighted by molar-refractivity contribution is 7.80. The van der Waals surface area contributed by atoms with Gasteiger partial charge in [-0.2, -0.15) is 8.42 Å². The van der Waals surface area contributed by atoms with E-state index in [-0.39, 0.29) is 29.6 Å². The summed E-state index contributed by atoms with van der Waals surface area (Å²) >= 11 is 0. The van der Waals surface area contributed by atoms with Crippen LogP contribution in [-0.4, -0.2) is 258 Å². The van der Waals surface area contributed by atoms with E-state index in [2.05, 4.69) is 26.0 Å². The second-order valence-electron chi connectivity index (χ2n) is 26.2. The zero-order valence-electron chi connectivity index (χ0n) is 48.7. The van der Waals surface area contributed by atoms with Crippen molar-refractivity contribution in [2.24, 2.45) is 34.5 Å². The van der Waals surface area contributed by atoms with Crippen molar-refractivity contribution in [3.8, 4) is 0 Å². The highest BCUT2D eigenvalue weighted by Gasteiger charge is 2.63. The minimum atomic E-state index is -4.86. The van der Waals surface area contributed by atoms with Crippen LogP contribution in [-0.2, 0) is 62.0 Å². The molecule has 28 heteroatoms. The molecule has 3 saturated carbocycles. The molecule has 5 heterocycles. The molecule has 27 nitrogen and oxygen atoms in total. The molecule has 484 valence electrons. The van der Waals surface area contributed by atoms with Crippen LogP contribution in [0.2, 0.25) is 0 Å². The molecule has 0 amide bonds. The summed E-state index contributed by atoms with van der Waals surface area (Å²) in [5, 5.41) is 145. The monoisotopic (exact) mass is 1230 g/mol. The molecule has 9 rings (SSSR count). The number of hydrogen-bond donors (Lipinski definition) is 14. The molecular weight excluding hydrogens is 1140 g/mol. The molecule has 0 aromatic rings. The first-order valence-corrected chi connectivity index (χ1v) is 31.0. The van der Waals surface area contributed by atoms with Gasteiger partial charge < -0.3 is 114 Å². The molecule has 5 saturated heterocycles. The summed E-state index contributed by atoms with van der Waals surface area (Å²) < 4.78 is 100. The van der Waals surface area contributed by atoms with E-state index in [1.807, 2.05) is 20.8 Å². The van der Waals surface area contributed by atoms with Crippen molar-refractivity contribution < 1.29 is 131 Å². The first-order chi connectivity index (χ1) is 39.3. The van der Waals surface area contributed by atoms with E-state index in [1.54, 1.807) is 0 Å². The lowest BCUT2D eigenvalue weighted by Crippen LogP contribution is -2.67. The Morgan fingerprint density at radius 1 is 0.643 bits per heavy atom. The lowest BCUT2D eigenvalue weighted by Gasteiger charge is -2.60.